The van der Waals surface area contributed by atoms with E-state index in [1.165, 1.54) is 4.31 Å². The Bertz CT molecular complexity index is 478. The molecule has 1 aliphatic heterocycles. The number of rotatable bonds is 4. The summed E-state index contributed by atoms with van der Waals surface area (Å²) in [6, 6.07) is 8.33. The first-order chi connectivity index (χ1) is 7.98. The van der Waals surface area contributed by atoms with Gasteiger partial charge in [0.05, 0.1) is 10.5 Å². The molecule has 0 aromatic heterocycles. The third-order valence-corrected chi connectivity index (χ3v) is 4.84. The molecule has 2 rings (SSSR count). The highest BCUT2D eigenvalue weighted by Crippen LogP contribution is 2.30. The maximum atomic E-state index is 12.1. The third kappa shape index (κ3) is 2.36. The maximum absolute atomic E-state index is 12.1. The molecular weight excluding hydrogens is 238 g/mol. The van der Waals surface area contributed by atoms with E-state index in [-0.39, 0.29) is 13.1 Å². The molecule has 1 N–H and O–H groups in total. The summed E-state index contributed by atoms with van der Waals surface area (Å²) >= 11 is 0. The van der Waals surface area contributed by atoms with Gasteiger partial charge in [0.25, 0.3) is 0 Å². The Morgan fingerprint density at radius 2 is 1.88 bits per heavy atom. The minimum Gasteiger partial charge on any atom is -0.387 e. The molecule has 5 heteroatoms. The first kappa shape index (κ1) is 12.5. The van der Waals surface area contributed by atoms with Crippen molar-refractivity contribution in [2.45, 2.75) is 30.3 Å². The number of benzene rings is 1. The van der Waals surface area contributed by atoms with Crippen molar-refractivity contribution < 1.29 is 13.5 Å². The Kier molecular flexibility index (Phi) is 3.25. The van der Waals surface area contributed by atoms with Crippen LogP contribution in [0.25, 0.3) is 0 Å². The molecule has 1 aromatic rings. The van der Waals surface area contributed by atoms with Gasteiger partial charge in [-0.1, -0.05) is 31.5 Å². The maximum Gasteiger partial charge on any atom is 0.243 e. The van der Waals surface area contributed by atoms with Crippen LogP contribution in [-0.2, 0) is 10.0 Å². The van der Waals surface area contributed by atoms with Crippen LogP contribution in [0.3, 0.4) is 0 Å². The SMILES string of the molecule is CCCC1(O)CN(S(=O)(=O)c2ccccc2)C1. The molecular formula is C12H17NO3S. The first-order valence-corrected chi connectivity index (χ1v) is 7.19. The van der Waals surface area contributed by atoms with Crippen molar-refractivity contribution in [3.63, 3.8) is 0 Å². The van der Waals surface area contributed by atoms with Crippen molar-refractivity contribution >= 4 is 10.0 Å². The summed E-state index contributed by atoms with van der Waals surface area (Å²) in [6.45, 7) is 2.39. The second-order valence-electron chi connectivity index (χ2n) is 4.56. The van der Waals surface area contributed by atoms with E-state index >= 15 is 0 Å². The minimum atomic E-state index is -3.42. The van der Waals surface area contributed by atoms with Crippen LogP contribution in [0.15, 0.2) is 35.2 Å². The van der Waals surface area contributed by atoms with Crippen molar-refractivity contribution in [3.8, 4) is 0 Å². The van der Waals surface area contributed by atoms with Crippen molar-refractivity contribution in [3.05, 3.63) is 30.3 Å². The zero-order valence-electron chi connectivity index (χ0n) is 9.83. The van der Waals surface area contributed by atoms with Crippen molar-refractivity contribution in [2.24, 2.45) is 0 Å². The number of hydrogen-bond acceptors (Lipinski definition) is 3. The van der Waals surface area contributed by atoms with Crippen molar-refractivity contribution in [2.75, 3.05) is 13.1 Å². The van der Waals surface area contributed by atoms with Crippen LogP contribution in [0, 0.1) is 0 Å². The van der Waals surface area contributed by atoms with E-state index in [0.29, 0.717) is 11.3 Å². The standard InChI is InChI=1S/C12H17NO3S/c1-2-8-12(14)9-13(10-12)17(15,16)11-6-4-3-5-7-11/h3-7,14H,2,8-10H2,1H3. The Morgan fingerprint density at radius 3 is 2.41 bits per heavy atom. The van der Waals surface area contributed by atoms with Gasteiger partial charge in [0, 0.05) is 13.1 Å². The Hall–Kier alpha value is -0.910. The molecule has 1 saturated heterocycles. The van der Waals surface area contributed by atoms with Crippen molar-refractivity contribution in [1.29, 1.82) is 0 Å². The average Bonchev–Trinajstić information content (AvgIpc) is 2.27. The summed E-state index contributed by atoms with van der Waals surface area (Å²) in [6.07, 6.45) is 1.50. The lowest BCUT2D eigenvalue weighted by atomic mass is 9.92. The predicted molar refractivity (Wildman–Crippen MR) is 65.1 cm³/mol. The molecule has 0 bridgehead atoms. The fraction of sp³-hybridized carbons (Fsp3) is 0.500. The molecule has 0 spiro atoms. The fourth-order valence-corrected chi connectivity index (χ4v) is 3.76. The Morgan fingerprint density at radius 1 is 1.29 bits per heavy atom. The summed E-state index contributed by atoms with van der Waals surface area (Å²) in [5.74, 6) is 0. The molecule has 1 heterocycles. The van der Waals surface area contributed by atoms with Gasteiger partial charge in [0.2, 0.25) is 10.0 Å². The zero-order valence-corrected chi connectivity index (χ0v) is 10.7. The van der Waals surface area contributed by atoms with E-state index in [2.05, 4.69) is 0 Å². The van der Waals surface area contributed by atoms with Gasteiger partial charge < -0.3 is 5.11 Å². The quantitative estimate of drug-likeness (QED) is 0.880. The second-order valence-corrected chi connectivity index (χ2v) is 6.50. The number of aliphatic hydroxyl groups is 1. The van der Waals surface area contributed by atoms with Gasteiger partial charge in [-0.25, -0.2) is 8.42 Å². The van der Waals surface area contributed by atoms with Crippen LogP contribution in [0.4, 0.5) is 0 Å². The lowest BCUT2D eigenvalue weighted by Crippen LogP contribution is -2.63. The molecule has 0 unspecified atom stereocenters. The molecule has 4 nitrogen and oxygen atoms in total. The largest absolute Gasteiger partial charge is 0.387 e. The molecule has 1 aliphatic rings. The molecule has 1 fully saturated rings. The highest BCUT2D eigenvalue weighted by atomic mass is 32.2. The zero-order chi connectivity index (χ0) is 12.5. The topological polar surface area (TPSA) is 57.6 Å². The summed E-state index contributed by atoms with van der Waals surface area (Å²) < 4.78 is 25.6. The van der Waals surface area contributed by atoms with Gasteiger partial charge >= 0.3 is 0 Å². The Balaban J connectivity index is 2.11. The molecule has 17 heavy (non-hydrogen) atoms. The van der Waals surface area contributed by atoms with E-state index < -0.39 is 15.6 Å². The van der Waals surface area contributed by atoms with Gasteiger partial charge in [0.1, 0.15) is 0 Å². The van der Waals surface area contributed by atoms with Crippen LogP contribution in [0.2, 0.25) is 0 Å². The average molecular weight is 255 g/mol. The van der Waals surface area contributed by atoms with Gasteiger partial charge in [-0.2, -0.15) is 4.31 Å². The molecule has 1 aromatic carbocycles. The first-order valence-electron chi connectivity index (χ1n) is 5.75. The van der Waals surface area contributed by atoms with E-state index in [1.54, 1.807) is 30.3 Å². The predicted octanol–water partition coefficient (Wildman–Crippen LogP) is 1.22. The van der Waals surface area contributed by atoms with Gasteiger partial charge in [-0.15, -0.1) is 0 Å². The van der Waals surface area contributed by atoms with Crippen LogP contribution < -0.4 is 0 Å². The lowest BCUT2D eigenvalue weighted by molar-refractivity contribution is -0.0653. The monoisotopic (exact) mass is 255 g/mol. The Labute approximate surface area is 102 Å². The third-order valence-electron chi connectivity index (χ3n) is 3.04. The summed E-state index contributed by atoms with van der Waals surface area (Å²) in [5.41, 5.74) is -0.823. The van der Waals surface area contributed by atoms with Crippen LogP contribution in [0.1, 0.15) is 19.8 Å². The number of hydrogen-bond donors (Lipinski definition) is 1. The van der Waals surface area contributed by atoms with E-state index in [1.807, 2.05) is 6.92 Å². The molecule has 94 valence electrons. The normalized spacial score (nSPS) is 19.9. The highest BCUT2D eigenvalue weighted by molar-refractivity contribution is 7.89. The summed E-state index contributed by atoms with van der Waals surface area (Å²) in [4.78, 5) is 0.290. The van der Waals surface area contributed by atoms with Gasteiger partial charge in [-0.3, -0.25) is 0 Å². The van der Waals surface area contributed by atoms with E-state index in [4.69, 9.17) is 0 Å². The van der Waals surface area contributed by atoms with Crippen LogP contribution in [0.5, 0.6) is 0 Å². The second kappa shape index (κ2) is 4.40. The summed E-state index contributed by atoms with van der Waals surface area (Å²) in [5, 5.41) is 9.98. The fourth-order valence-electron chi connectivity index (χ4n) is 2.15. The van der Waals surface area contributed by atoms with Gasteiger partial charge in [-0.05, 0) is 18.6 Å². The molecule has 0 radical (unpaired) electrons. The highest BCUT2D eigenvalue weighted by Gasteiger charge is 2.46. The number of nitrogens with zero attached hydrogens (tertiary/aromatic N) is 1. The smallest absolute Gasteiger partial charge is 0.243 e. The van der Waals surface area contributed by atoms with Crippen LogP contribution in [-0.4, -0.2) is 36.5 Å². The minimum absolute atomic E-state index is 0.206. The lowest BCUT2D eigenvalue weighted by Gasteiger charge is -2.45. The van der Waals surface area contributed by atoms with E-state index in [9.17, 15) is 13.5 Å². The number of sulfonamides is 1. The molecule has 0 amide bonds. The van der Waals surface area contributed by atoms with E-state index in [0.717, 1.165) is 6.42 Å². The summed E-state index contributed by atoms with van der Waals surface area (Å²) in [7, 11) is -3.42. The molecule has 0 atom stereocenters. The molecule has 0 aliphatic carbocycles. The van der Waals surface area contributed by atoms with Crippen molar-refractivity contribution in [1.82, 2.24) is 4.31 Å². The van der Waals surface area contributed by atoms with Gasteiger partial charge in [0.15, 0.2) is 0 Å². The van der Waals surface area contributed by atoms with Crippen LogP contribution >= 0.6 is 0 Å². The molecule has 0 saturated carbocycles. The number of β-amino-alcohol motifs (C(OH)–C–C–N with tert-alkyl or cyclic N) is 1.